The van der Waals surface area contributed by atoms with Gasteiger partial charge in [-0.15, -0.1) is 0 Å². The van der Waals surface area contributed by atoms with Crippen LogP contribution in [0.1, 0.15) is 119 Å². The molecule has 0 unspecified atom stereocenters. The highest BCUT2D eigenvalue weighted by molar-refractivity contribution is 5.95. The highest BCUT2D eigenvalue weighted by Crippen LogP contribution is 2.75. The molecule has 4 fully saturated rings. The molecular weight excluding hydrogens is 520 g/mol. The molecule has 4 saturated carbocycles. The first-order valence-corrected chi connectivity index (χ1v) is 15.7. The molecule has 0 radical (unpaired) electrons. The van der Waals surface area contributed by atoms with Gasteiger partial charge < -0.3 is 14.9 Å². The number of ether oxygens (including phenoxy) is 1. The van der Waals surface area contributed by atoms with E-state index in [1.807, 2.05) is 13.0 Å². The fraction of sp³-hybridized carbons (Fsp3) is 0.824. The molecule has 0 heterocycles. The van der Waals surface area contributed by atoms with Gasteiger partial charge in [0.15, 0.2) is 5.78 Å². The molecule has 0 aromatic heterocycles. The molecular formula is C34H50O7. The second kappa shape index (κ2) is 9.41. The van der Waals surface area contributed by atoms with Crippen LogP contribution in [0.2, 0.25) is 0 Å². The van der Waals surface area contributed by atoms with Gasteiger partial charge >= 0.3 is 17.9 Å². The van der Waals surface area contributed by atoms with Crippen LogP contribution in [0.5, 0.6) is 0 Å². The number of rotatable bonds is 5. The topological polar surface area (TPSA) is 118 Å². The molecule has 7 heteroatoms. The molecule has 2 N–H and O–H groups in total. The lowest BCUT2D eigenvalue weighted by Crippen LogP contribution is -2.66. The Kier molecular flexibility index (Phi) is 6.95. The molecule has 0 saturated heterocycles. The van der Waals surface area contributed by atoms with Crippen LogP contribution >= 0.6 is 0 Å². The number of esters is 1. The van der Waals surface area contributed by atoms with Crippen molar-refractivity contribution >= 4 is 23.7 Å². The van der Waals surface area contributed by atoms with E-state index in [1.54, 1.807) is 0 Å². The zero-order valence-electron chi connectivity index (χ0n) is 26.1. The van der Waals surface area contributed by atoms with E-state index in [0.29, 0.717) is 19.3 Å². The second-order valence-corrected chi connectivity index (χ2v) is 16.3. The number of hydrogen-bond donors (Lipinski definition) is 2. The van der Waals surface area contributed by atoms with Crippen molar-refractivity contribution in [1.29, 1.82) is 0 Å². The molecule has 0 aliphatic heterocycles. The lowest BCUT2D eigenvalue weighted by molar-refractivity contribution is -0.211. The third kappa shape index (κ3) is 4.25. The summed E-state index contributed by atoms with van der Waals surface area (Å²) < 4.78 is 5.91. The van der Waals surface area contributed by atoms with Gasteiger partial charge in [-0.1, -0.05) is 47.1 Å². The molecule has 0 aromatic rings. The van der Waals surface area contributed by atoms with E-state index >= 15 is 0 Å². The largest absolute Gasteiger partial charge is 0.481 e. The molecule has 5 rings (SSSR count). The van der Waals surface area contributed by atoms with E-state index in [4.69, 9.17) is 9.84 Å². The first-order chi connectivity index (χ1) is 18.8. The van der Waals surface area contributed by atoms with Gasteiger partial charge in [0, 0.05) is 11.3 Å². The molecule has 41 heavy (non-hydrogen) atoms. The SMILES string of the molecule is CC1(C)[C@H]2CC[C@@]3(C)[C@@H](C(=O)C=C4[C@H]5C[C@](C)(C(=O)O)CC[C@@]5(C)CC[C@@]43C)[C@]2(C)CC[C@H]1OC(=O)CCC(=O)O. The molecule has 0 bridgehead atoms. The van der Waals surface area contributed by atoms with Gasteiger partial charge in [-0.2, -0.15) is 0 Å². The van der Waals surface area contributed by atoms with Crippen molar-refractivity contribution in [2.75, 3.05) is 0 Å². The summed E-state index contributed by atoms with van der Waals surface area (Å²) in [4.78, 5) is 50.3. The lowest BCUT2D eigenvalue weighted by atomic mass is 9.33. The Balaban J connectivity index is 1.49. The Morgan fingerprint density at radius 1 is 0.878 bits per heavy atom. The van der Waals surface area contributed by atoms with Crippen molar-refractivity contribution in [2.45, 2.75) is 125 Å². The van der Waals surface area contributed by atoms with Gasteiger partial charge in [-0.25, -0.2) is 0 Å². The molecule has 9 atom stereocenters. The maximum absolute atomic E-state index is 14.5. The summed E-state index contributed by atoms with van der Waals surface area (Å²) >= 11 is 0. The quantitative estimate of drug-likeness (QED) is 0.348. The number of aliphatic carboxylic acids is 2. The Labute approximate surface area is 244 Å². The highest BCUT2D eigenvalue weighted by atomic mass is 16.5. The fourth-order valence-corrected chi connectivity index (χ4v) is 11.0. The van der Waals surface area contributed by atoms with Crippen LogP contribution in [0.25, 0.3) is 0 Å². The summed E-state index contributed by atoms with van der Waals surface area (Å²) in [5, 5.41) is 19.1. The van der Waals surface area contributed by atoms with Crippen LogP contribution in [0.3, 0.4) is 0 Å². The normalized spacial score (nSPS) is 46.6. The summed E-state index contributed by atoms with van der Waals surface area (Å²) in [7, 11) is 0. The van der Waals surface area contributed by atoms with Gasteiger partial charge in [0.1, 0.15) is 6.10 Å². The molecule has 5 aliphatic rings. The smallest absolute Gasteiger partial charge is 0.309 e. The molecule has 0 spiro atoms. The number of ketones is 1. The summed E-state index contributed by atoms with van der Waals surface area (Å²) in [6, 6.07) is 0. The molecule has 7 nitrogen and oxygen atoms in total. The van der Waals surface area contributed by atoms with Crippen molar-refractivity contribution < 1.29 is 34.1 Å². The summed E-state index contributed by atoms with van der Waals surface area (Å²) in [6.07, 6.45) is 8.80. The van der Waals surface area contributed by atoms with Gasteiger partial charge in [0.2, 0.25) is 0 Å². The summed E-state index contributed by atoms with van der Waals surface area (Å²) in [5.41, 5.74) is -0.553. The number of carbonyl (C=O) groups is 4. The van der Waals surface area contributed by atoms with Gasteiger partial charge in [-0.3, -0.25) is 19.2 Å². The first-order valence-electron chi connectivity index (χ1n) is 15.7. The molecule has 0 aromatic carbocycles. The highest BCUT2D eigenvalue weighted by Gasteiger charge is 2.70. The zero-order chi connectivity index (χ0) is 30.4. The fourth-order valence-electron chi connectivity index (χ4n) is 11.0. The first kappa shape index (κ1) is 30.3. The second-order valence-electron chi connectivity index (χ2n) is 16.3. The summed E-state index contributed by atoms with van der Waals surface area (Å²) in [5.74, 6) is -1.87. The third-order valence-corrected chi connectivity index (χ3v) is 13.8. The molecule has 0 amide bonds. The van der Waals surface area contributed by atoms with Crippen molar-refractivity contribution in [3.05, 3.63) is 11.6 Å². The lowest BCUT2D eigenvalue weighted by Gasteiger charge is -2.70. The van der Waals surface area contributed by atoms with Crippen LogP contribution < -0.4 is 0 Å². The van der Waals surface area contributed by atoms with E-state index in [9.17, 15) is 24.3 Å². The van der Waals surface area contributed by atoms with E-state index in [-0.39, 0.29) is 69.6 Å². The average Bonchev–Trinajstić information content (AvgIpc) is 2.86. The predicted octanol–water partition coefficient (Wildman–Crippen LogP) is 6.83. The number of carbonyl (C=O) groups excluding carboxylic acids is 2. The average molecular weight is 571 g/mol. The van der Waals surface area contributed by atoms with E-state index in [0.717, 1.165) is 38.5 Å². The van der Waals surface area contributed by atoms with Crippen molar-refractivity contribution in [3.8, 4) is 0 Å². The van der Waals surface area contributed by atoms with Crippen molar-refractivity contribution in [1.82, 2.24) is 0 Å². The number of carboxylic acid groups (broad SMARTS) is 2. The van der Waals surface area contributed by atoms with Crippen molar-refractivity contribution in [2.24, 2.45) is 50.2 Å². The predicted molar refractivity (Wildman–Crippen MR) is 154 cm³/mol. The maximum Gasteiger partial charge on any atom is 0.309 e. The number of fused-ring (bicyclic) bond motifs is 7. The zero-order valence-corrected chi connectivity index (χ0v) is 26.1. The standard InChI is InChI=1S/C34H50O7/c1-29(2)23-10-13-34(7)27(32(23,5)12-11-24(29)41-26(38)9-8-25(36)37)22(35)18-20-21-19-31(4,28(39)40)15-14-30(21,3)16-17-33(20,34)6/h18,21,23-24,27H,8-17,19H2,1-7H3,(H,36,37)(H,39,40)/t21-,23-,24-,27+,30+,31-,32-,33+,34+/m1/s1. The summed E-state index contributed by atoms with van der Waals surface area (Å²) in [6.45, 7) is 15.5. The Morgan fingerprint density at radius 3 is 2.17 bits per heavy atom. The Morgan fingerprint density at radius 2 is 1.54 bits per heavy atom. The molecule has 228 valence electrons. The minimum Gasteiger partial charge on any atom is -0.481 e. The van der Waals surface area contributed by atoms with E-state index < -0.39 is 23.3 Å². The monoisotopic (exact) mass is 570 g/mol. The molecule has 5 aliphatic carbocycles. The van der Waals surface area contributed by atoms with Gasteiger partial charge in [0.25, 0.3) is 0 Å². The van der Waals surface area contributed by atoms with Crippen LogP contribution in [-0.4, -0.2) is 40.0 Å². The van der Waals surface area contributed by atoms with Gasteiger partial charge in [-0.05, 0) is 104 Å². The van der Waals surface area contributed by atoms with Crippen molar-refractivity contribution in [3.63, 3.8) is 0 Å². The van der Waals surface area contributed by atoms with E-state index in [2.05, 4.69) is 41.5 Å². The number of carboxylic acids is 2. The minimum atomic E-state index is -1.01. The number of hydrogen-bond acceptors (Lipinski definition) is 5. The van der Waals surface area contributed by atoms with E-state index in [1.165, 1.54) is 5.57 Å². The van der Waals surface area contributed by atoms with Crippen LogP contribution in [-0.2, 0) is 23.9 Å². The minimum absolute atomic E-state index is 0.0233. The maximum atomic E-state index is 14.5. The van der Waals surface area contributed by atoms with Crippen LogP contribution in [0.4, 0.5) is 0 Å². The Bertz CT molecular complexity index is 1200. The number of allylic oxidation sites excluding steroid dienone is 2. The van der Waals surface area contributed by atoms with Crippen LogP contribution in [0.15, 0.2) is 11.6 Å². The Hall–Kier alpha value is -2.18. The van der Waals surface area contributed by atoms with Crippen LogP contribution in [0, 0.1) is 50.2 Å². The third-order valence-electron chi connectivity index (χ3n) is 13.8. The van der Waals surface area contributed by atoms with Gasteiger partial charge in [0.05, 0.1) is 18.3 Å².